The molecule has 3 N–H and O–H groups in total. The molecule has 3 unspecified atom stereocenters. The maximum Gasteiger partial charge on any atom is 0.115 e. The second kappa shape index (κ2) is 7.97. The summed E-state index contributed by atoms with van der Waals surface area (Å²) in [6.07, 6.45) is -1.07. The van der Waals surface area contributed by atoms with Crippen LogP contribution in [-0.4, -0.2) is 15.3 Å². The van der Waals surface area contributed by atoms with Gasteiger partial charge >= 0.3 is 0 Å². The largest absolute Gasteiger partial charge is 0.508 e. The molecule has 0 amide bonds. The van der Waals surface area contributed by atoms with E-state index in [4.69, 9.17) is 0 Å². The van der Waals surface area contributed by atoms with E-state index in [9.17, 15) is 15.3 Å². The number of phenolic OH excluding ortho intramolecular Hbond substituents is 1. The van der Waals surface area contributed by atoms with Gasteiger partial charge in [-0.3, -0.25) is 0 Å². The molecular weight excluding hydrogens is 312 g/mol. The zero-order chi connectivity index (χ0) is 17.6. The van der Waals surface area contributed by atoms with Crippen LogP contribution in [0.5, 0.6) is 5.75 Å². The fourth-order valence-corrected chi connectivity index (χ4v) is 3.10. The van der Waals surface area contributed by atoms with Gasteiger partial charge in [0, 0.05) is 5.92 Å². The van der Waals surface area contributed by atoms with E-state index in [1.54, 1.807) is 24.3 Å². The molecule has 0 radical (unpaired) electrons. The average Bonchev–Trinajstić information content (AvgIpc) is 2.67. The molecule has 0 aliphatic heterocycles. The van der Waals surface area contributed by atoms with E-state index >= 15 is 0 Å². The van der Waals surface area contributed by atoms with E-state index in [0.717, 1.165) is 16.7 Å². The molecule has 0 fully saturated rings. The summed E-state index contributed by atoms with van der Waals surface area (Å²) in [6, 6.07) is 25.8. The lowest BCUT2D eigenvalue weighted by Gasteiger charge is -2.26. The Balaban J connectivity index is 1.87. The summed E-state index contributed by atoms with van der Waals surface area (Å²) in [6.45, 7) is 0. The van der Waals surface area contributed by atoms with Crippen LogP contribution in [-0.2, 0) is 0 Å². The van der Waals surface area contributed by atoms with E-state index in [1.165, 1.54) is 0 Å². The molecule has 3 heteroatoms. The summed E-state index contributed by atoms with van der Waals surface area (Å²) in [4.78, 5) is 0. The molecular formula is C22H22O3. The number of hydrogen-bond acceptors (Lipinski definition) is 3. The van der Waals surface area contributed by atoms with E-state index < -0.39 is 12.2 Å². The first kappa shape index (κ1) is 17.2. The zero-order valence-electron chi connectivity index (χ0n) is 13.9. The lowest BCUT2D eigenvalue weighted by molar-refractivity contribution is 0.0934. The summed E-state index contributed by atoms with van der Waals surface area (Å²) in [7, 11) is 0. The second-order valence-corrected chi connectivity index (χ2v) is 6.22. The van der Waals surface area contributed by atoms with Crippen molar-refractivity contribution in [2.45, 2.75) is 24.5 Å². The van der Waals surface area contributed by atoms with E-state index in [1.807, 2.05) is 60.7 Å². The van der Waals surface area contributed by atoms with Crippen LogP contribution in [0.1, 0.15) is 41.2 Å². The fraction of sp³-hybridized carbons (Fsp3) is 0.182. The van der Waals surface area contributed by atoms with Crippen LogP contribution >= 0.6 is 0 Å². The molecule has 0 bridgehead atoms. The number of aromatic hydroxyl groups is 1. The van der Waals surface area contributed by atoms with Gasteiger partial charge in [-0.2, -0.15) is 0 Å². The van der Waals surface area contributed by atoms with Crippen molar-refractivity contribution in [1.29, 1.82) is 0 Å². The summed E-state index contributed by atoms with van der Waals surface area (Å²) in [5.41, 5.74) is 2.53. The molecule has 0 aliphatic rings. The highest BCUT2D eigenvalue weighted by atomic mass is 16.3. The van der Waals surface area contributed by atoms with Crippen LogP contribution in [0.4, 0.5) is 0 Å². The maximum absolute atomic E-state index is 10.9. The normalized spacial score (nSPS) is 14.6. The third-order valence-corrected chi connectivity index (χ3v) is 4.51. The molecule has 3 nitrogen and oxygen atoms in total. The van der Waals surface area contributed by atoms with Crippen molar-refractivity contribution in [1.82, 2.24) is 0 Å². The average molecular weight is 334 g/mol. The van der Waals surface area contributed by atoms with Crippen LogP contribution in [0.3, 0.4) is 0 Å². The standard InChI is InChI=1S/C22H22O3/c23-19-13-11-17(12-14-19)21(24)15-20(16-7-3-1-4-8-16)22(25)18-9-5-2-6-10-18/h1-14,20-25H,15H2. The topological polar surface area (TPSA) is 60.7 Å². The molecule has 0 heterocycles. The molecule has 25 heavy (non-hydrogen) atoms. The minimum absolute atomic E-state index is 0.167. The summed E-state index contributed by atoms with van der Waals surface area (Å²) >= 11 is 0. The van der Waals surface area contributed by atoms with Crippen molar-refractivity contribution in [3.05, 3.63) is 102 Å². The third-order valence-electron chi connectivity index (χ3n) is 4.51. The van der Waals surface area contributed by atoms with Gasteiger partial charge < -0.3 is 15.3 Å². The highest BCUT2D eigenvalue weighted by Crippen LogP contribution is 2.38. The van der Waals surface area contributed by atoms with Gasteiger partial charge in [-0.1, -0.05) is 72.8 Å². The molecule has 3 aromatic rings. The van der Waals surface area contributed by atoms with Gasteiger partial charge in [-0.25, -0.2) is 0 Å². The van der Waals surface area contributed by atoms with Gasteiger partial charge in [-0.15, -0.1) is 0 Å². The molecule has 0 saturated carbocycles. The Kier molecular flexibility index (Phi) is 5.49. The smallest absolute Gasteiger partial charge is 0.115 e. The van der Waals surface area contributed by atoms with Crippen LogP contribution in [0.25, 0.3) is 0 Å². The number of benzene rings is 3. The Hall–Kier alpha value is -2.62. The Labute approximate surface area is 147 Å². The number of aliphatic hydroxyl groups excluding tert-OH is 2. The van der Waals surface area contributed by atoms with Gasteiger partial charge in [0.05, 0.1) is 12.2 Å². The Bertz CT molecular complexity index is 769. The third kappa shape index (κ3) is 4.27. The van der Waals surface area contributed by atoms with E-state index in [-0.39, 0.29) is 11.7 Å². The van der Waals surface area contributed by atoms with Crippen molar-refractivity contribution in [2.75, 3.05) is 0 Å². The monoisotopic (exact) mass is 334 g/mol. The first-order valence-corrected chi connectivity index (χ1v) is 8.40. The molecule has 0 spiro atoms. The van der Waals surface area contributed by atoms with Gasteiger partial charge in [0.15, 0.2) is 0 Å². The quantitative estimate of drug-likeness (QED) is 0.629. The molecule has 0 saturated heterocycles. The van der Waals surface area contributed by atoms with Crippen molar-refractivity contribution in [2.24, 2.45) is 0 Å². The van der Waals surface area contributed by atoms with Crippen molar-refractivity contribution >= 4 is 0 Å². The van der Waals surface area contributed by atoms with Gasteiger partial charge in [-0.05, 0) is 35.2 Å². The highest BCUT2D eigenvalue weighted by molar-refractivity contribution is 5.30. The number of rotatable bonds is 6. The predicted octanol–water partition coefficient (Wildman–Crippen LogP) is 4.33. The molecule has 3 rings (SSSR count). The molecule has 3 aromatic carbocycles. The maximum atomic E-state index is 10.9. The molecule has 0 aromatic heterocycles. The fourth-order valence-electron chi connectivity index (χ4n) is 3.10. The second-order valence-electron chi connectivity index (χ2n) is 6.22. The van der Waals surface area contributed by atoms with Crippen molar-refractivity contribution in [3.8, 4) is 5.75 Å². The van der Waals surface area contributed by atoms with Crippen LogP contribution in [0.15, 0.2) is 84.9 Å². The van der Waals surface area contributed by atoms with Gasteiger partial charge in [0.25, 0.3) is 0 Å². The Morgan fingerprint density at radius 3 is 1.68 bits per heavy atom. The first-order chi connectivity index (χ1) is 12.1. The Morgan fingerprint density at radius 1 is 0.600 bits per heavy atom. The van der Waals surface area contributed by atoms with Crippen LogP contribution < -0.4 is 0 Å². The summed E-state index contributed by atoms with van der Waals surface area (Å²) < 4.78 is 0. The SMILES string of the molecule is Oc1ccc(C(O)CC(c2ccccc2)C(O)c2ccccc2)cc1. The summed E-state index contributed by atoms with van der Waals surface area (Å²) in [5.74, 6) is -0.0766. The lowest BCUT2D eigenvalue weighted by atomic mass is 9.83. The zero-order valence-corrected chi connectivity index (χ0v) is 13.9. The minimum Gasteiger partial charge on any atom is -0.508 e. The van der Waals surface area contributed by atoms with Crippen molar-refractivity contribution in [3.63, 3.8) is 0 Å². The Morgan fingerprint density at radius 2 is 1.12 bits per heavy atom. The summed E-state index contributed by atoms with van der Waals surface area (Å²) in [5, 5.41) is 31.0. The molecule has 128 valence electrons. The number of hydrogen-bond donors (Lipinski definition) is 3. The van der Waals surface area contributed by atoms with E-state index in [2.05, 4.69) is 0 Å². The van der Waals surface area contributed by atoms with Crippen LogP contribution in [0.2, 0.25) is 0 Å². The lowest BCUT2D eigenvalue weighted by Crippen LogP contribution is -2.15. The van der Waals surface area contributed by atoms with Gasteiger partial charge in [0.1, 0.15) is 5.75 Å². The molecule has 0 aliphatic carbocycles. The number of phenols is 1. The van der Waals surface area contributed by atoms with Crippen LogP contribution in [0, 0.1) is 0 Å². The van der Waals surface area contributed by atoms with Gasteiger partial charge in [0.2, 0.25) is 0 Å². The highest BCUT2D eigenvalue weighted by Gasteiger charge is 2.26. The predicted molar refractivity (Wildman–Crippen MR) is 98.3 cm³/mol. The number of aliphatic hydroxyl groups is 2. The minimum atomic E-state index is -0.732. The van der Waals surface area contributed by atoms with Crippen molar-refractivity contribution < 1.29 is 15.3 Å². The van der Waals surface area contributed by atoms with E-state index in [0.29, 0.717) is 6.42 Å². The molecule has 3 atom stereocenters. The first-order valence-electron chi connectivity index (χ1n) is 8.40.